The van der Waals surface area contributed by atoms with Gasteiger partial charge in [0.05, 0.1) is 18.9 Å². The number of fused-ring (bicyclic) bond motifs is 1. The predicted octanol–water partition coefficient (Wildman–Crippen LogP) is 3.54. The molecule has 6 nitrogen and oxygen atoms in total. The van der Waals surface area contributed by atoms with Gasteiger partial charge in [-0.05, 0) is 55.7 Å². The van der Waals surface area contributed by atoms with Crippen LogP contribution in [0.4, 0.5) is 5.69 Å². The molecule has 0 spiro atoms. The van der Waals surface area contributed by atoms with Gasteiger partial charge in [0.1, 0.15) is 11.5 Å². The number of furan rings is 1. The van der Waals surface area contributed by atoms with Gasteiger partial charge in [-0.2, -0.15) is 0 Å². The second-order valence-electron chi connectivity index (χ2n) is 6.52. The molecule has 138 valence electrons. The minimum Gasteiger partial charge on any atom is -0.494 e. The molecule has 0 aliphatic carbocycles. The average molecular weight is 356 g/mol. The fourth-order valence-corrected chi connectivity index (χ4v) is 2.98. The summed E-state index contributed by atoms with van der Waals surface area (Å²) in [6, 6.07) is 9.28. The van der Waals surface area contributed by atoms with Crippen molar-refractivity contribution in [2.24, 2.45) is 0 Å². The Morgan fingerprint density at radius 3 is 2.96 bits per heavy atom. The lowest BCUT2D eigenvalue weighted by Gasteiger charge is -2.23. The standard InChI is InChI=1S/C20H24N2O4/c1-14(18-5-3-12-26-18)22(2)20(24)6-4-11-25-16-8-9-17-15(13-16)7-10-19(23)21-17/h3,5,8-9,12-14H,4,6-7,10-11H2,1-2H3,(H,21,23). The average Bonchev–Trinajstić information content (AvgIpc) is 3.18. The second kappa shape index (κ2) is 8.08. The highest BCUT2D eigenvalue weighted by Crippen LogP contribution is 2.27. The molecule has 26 heavy (non-hydrogen) atoms. The van der Waals surface area contributed by atoms with E-state index in [1.54, 1.807) is 18.2 Å². The van der Waals surface area contributed by atoms with E-state index in [2.05, 4.69) is 5.32 Å². The Kier molecular flexibility index (Phi) is 5.61. The molecule has 2 amide bonds. The summed E-state index contributed by atoms with van der Waals surface area (Å²) in [4.78, 5) is 25.4. The molecule has 1 aromatic heterocycles. The number of carbonyl (C=O) groups is 2. The summed E-state index contributed by atoms with van der Waals surface area (Å²) in [5.74, 6) is 1.66. The fraction of sp³-hybridized carbons (Fsp3) is 0.400. The molecule has 2 aromatic rings. The van der Waals surface area contributed by atoms with Gasteiger partial charge < -0.3 is 19.4 Å². The predicted molar refractivity (Wildman–Crippen MR) is 98.0 cm³/mol. The molecule has 0 saturated heterocycles. The number of aryl methyl sites for hydroxylation is 1. The van der Waals surface area contributed by atoms with Crippen LogP contribution in [0.15, 0.2) is 41.0 Å². The van der Waals surface area contributed by atoms with Crippen LogP contribution >= 0.6 is 0 Å². The zero-order valence-electron chi connectivity index (χ0n) is 15.2. The van der Waals surface area contributed by atoms with Crippen molar-refractivity contribution in [3.8, 4) is 5.75 Å². The van der Waals surface area contributed by atoms with E-state index < -0.39 is 0 Å². The zero-order valence-corrected chi connectivity index (χ0v) is 15.2. The first-order valence-electron chi connectivity index (χ1n) is 8.89. The molecular weight excluding hydrogens is 332 g/mol. The van der Waals surface area contributed by atoms with Crippen LogP contribution in [0.25, 0.3) is 0 Å². The quantitative estimate of drug-likeness (QED) is 0.770. The minimum absolute atomic E-state index is 0.0533. The number of hydrogen-bond donors (Lipinski definition) is 1. The van der Waals surface area contributed by atoms with Crippen LogP contribution in [-0.4, -0.2) is 30.4 Å². The number of rotatable bonds is 7. The maximum absolute atomic E-state index is 12.3. The van der Waals surface area contributed by atoms with Gasteiger partial charge in [-0.1, -0.05) is 0 Å². The van der Waals surface area contributed by atoms with Crippen LogP contribution in [-0.2, 0) is 16.0 Å². The summed E-state index contributed by atoms with van der Waals surface area (Å²) < 4.78 is 11.1. The molecule has 6 heteroatoms. The highest BCUT2D eigenvalue weighted by atomic mass is 16.5. The molecule has 0 saturated carbocycles. The third-order valence-electron chi connectivity index (χ3n) is 4.71. The summed E-state index contributed by atoms with van der Waals surface area (Å²) in [6.45, 7) is 2.42. The van der Waals surface area contributed by atoms with Gasteiger partial charge in [-0.25, -0.2) is 0 Å². The number of carbonyl (C=O) groups excluding carboxylic acids is 2. The normalized spacial score (nSPS) is 14.3. The van der Waals surface area contributed by atoms with Crippen LogP contribution in [0, 0.1) is 0 Å². The third kappa shape index (κ3) is 4.25. The van der Waals surface area contributed by atoms with Crippen LogP contribution in [0.2, 0.25) is 0 Å². The van der Waals surface area contributed by atoms with Crippen molar-refractivity contribution in [1.29, 1.82) is 0 Å². The van der Waals surface area contributed by atoms with Crippen molar-refractivity contribution in [3.63, 3.8) is 0 Å². The maximum Gasteiger partial charge on any atom is 0.224 e. The molecular formula is C20H24N2O4. The molecule has 1 unspecified atom stereocenters. The summed E-state index contributed by atoms with van der Waals surface area (Å²) in [5.41, 5.74) is 1.95. The van der Waals surface area contributed by atoms with Gasteiger partial charge in [0.25, 0.3) is 0 Å². The van der Waals surface area contributed by atoms with Crippen molar-refractivity contribution in [1.82, 2.24) is 4.90 Å². The number of benzene rings is 1. The van der Waals surface area contributed by atoms with Crippen molar-refractivity contribution < 1.29 is 18.7 Å². The molecule has 0 radical (unpaired) electrons. The van der Waals surface area contributed by atoms with E-state index in [9.17, 15) is 9.59 Å². The van der Waals surface area contributed by atoms with E-state index in [1.165, 1.54) is 0 Å². The summed E-state index contributed by atoms with van der Waals surface area (Å²) in [7, 11) is 1.79. The first kappa shape index (κ1) is 18.0. The third-order valence-corrected chi connectivity index (χ3v) is 4.71. The minimum atomic E-state index is -0.0886. The number of amides is 2. The monoisotopic (exact) mass is 356 g/mol. The summed E-state index contributed by atoms with van der Waals surface area (Å²) in [5, 5.41) is 2.85. The smallest absolute Gasteiger partial charge is 0.224 e. The Morgan fingerprint density at radius 2 is 2.19 bits per heavy atom. The van der Waals surface area contributed by atoms with Gasteiger partial charge in [-0.15, -0.1) is 0 Å². The number of nitrogens with one attached hydrogen (secondary N) is 1. The lowest BCUT2D eigenvalue weighted by Crippen LogP contribution is -2.29. The van der Waals surface area contributed by atoms with E-state index in [-0.39, 0.29) is 17.9 Å². The van der Waals surface area contributed by atoms with Crippen LogP contribution in [0.5, 0.6) is 5.75 Å². The Balaban J connectivity index is 1.44. The molecule has 1 atom stereocenters. The second-order valence-corrected chi connectivity index (χ2v) is 6.52. The van der Waals surface area contributed by atoms with Crippen molar-refractivity contribution in [3.05, 3.63) is 47.9 Å². The highest BCUT2D eigenvalue weighted by Gasteiger charge is 2.19. The van der Waals surface area contributed by atoms with E-state index in [1.807, 2.05) is 37.3 Å². The van der Waals surface area contributed by atoms with Gasteiger partial charge in [0.2, 0.25) is 11.8 Å². The Hall–Kier alpha value is -2.76. The SMILES string of the molecule is CC(c1ccco1)N(C)C(=O)CCCOc1ccc2c(c1)CCC(=O)N2. The highest BCUT2D eigenvalue weighted by molar-refractivity contribution is 5.94. The molecule has 1 aliphatic rings. The van der Waals surface area contributed by atoms with Crippen LogP contribution in [0.3, 0.4) is 0 Å². The van der Waals surface area contributed by atoms with Gasteiger partial charge in [-0.3, -0.25) is 9.59 Å². The first-order valence-corrected chi connectivity index (χ1v) is 8.89. The molecule has 1 aliphatic heterocycles. The van der Waals surface area contributed by atoms with Gasteiger partial charge in [0, 0.05) is 25.6 Å². The van der Waals surface area contributed by atoms with E-state index in [0.717, 1.165) is 29.2 Å². The fourth-order valence-electron chi connectivity index (χ4n) is 2.98. The molecule has 1 N–H and O–H groups in total. The Bertz CT molecular complexity index is 770. The van der Waals surface area contributed by atoms with E-state index >= 15 is 0 Å². The van der Waals surface area contributed by atoms with Crippen molar-refractivity contribution >= 4 is 17.5 Å². The number of ether oxygens (including phenoxy) is 1. The Labute approximate surface area is 153 Å². The molecule has 3 rings (SSSR count). The topological polar surface area (TPSA) is 71.8 Å². The molecule has 1 aromatic carbocycles. The van der Waals surface area contributed by atoms with Gasteiger partial charge >= 0.3 is 0 Å². The number of anilines is 1. The maximum atomic E-state index is 12.3. The first-order chi connectivity index (χ1) is 12.5. The van der Waals surface area contributed by atoms with E-state index in [4.69, 9.17) is 9.15 Å². The number of nitrogens with zero attached hydrogens (tertiary/aromatic N) is 1. The van der Waals surface area contributed by atoms with E-state index in [0.29, 0.717) is 25.9 Å². The number of hydrogen-bond acceptors (Lipinski definition) is 4. The van der Waals surface area contributed by atoms with Crippen molar-refractivity contribution in [2.45, 2.75) is 38.6 Å². The largest absolute Gasteiger partial charge is 0.494 e. The molecule has 0 bridgehead atoms. The van der Waals surface area contributed by atoms with Crippen LogP contribution < -0.4 is 10.1 Å². The lowest BCUT2D eigenvalue weighted by molar-refractivity contribution is -0.132. The lowest BCUT2D eigenvalue weighted by atomic mass is 10.0. The van der Waals surface area contributed by atoms with Crippen LogP contribution in [0.1, 0.15) is 43.6 Å². The summed E-state index contributed by atoms with van der Waals surface area (Å²) in [6.07, 6.45) is 3.91. The Morgan fingerprint density at radius 1 is 1.35 bits per heavy atom. The van der Waals surface area contributed by atoms with Crippen molar-refractivity contribution in [2.75, 3.05) is 19.0 Å². The summed E-state index contributed by atoms with van der Waals surface area (Å²) >= 11 is 0. The van der Waals surface area contributed by atoms with Gasteiger partial charge in [0.15, 0.2) is 0 Å². The molecule has 2 heterocycles. The molecule has 0 fully saturated rings. The zero-order chi connectivity index (χ0) is 18.5.